The Bertz CT molecular complexity index is 452. The maximum atomic E-state index is 13.0. The molecule has 0 radical (unpaired) electrons. The van der Waals surface area contributed by atoms with Crippen LogP contribution in [-0.2, 0) is 4.79 Å². The third-order valence-corrected chi connectivity index (χ3v) is 2.16. The van der Waals surface area contributed by atoms with Gasteiger partial charge < -0.3 is 10.4 Å². The molecule has 0 aromatic heterocycles. The molecule has 0 heterocycles. The van der Waals surface area contributed by atoms with Crippen molar-refractivity contribution < 1.29 is 14.3 Å². The average Bonchev–Trinajstić information content (AvgIpc) is 2.29. The minimum Gasteiger partial charge on any atom is -0.393 e. The number of aliphatic hydroxyl groups excluding tert-OH is 1. The molecule has 0 saturated heterocycles. The Labute approximate surface area is 98.7 Å². The largest absolute Gasteiger partial charge is 0.393 e. The quantitative estimate of drug-likeness (QED) is 0.837. The van der Waals surface area contributed by atoms with Crippen LogP contribution in [0.25, 0.3) is 0 Å². The van der Waals surface area contributed by atoms with Crippen LogP contribution in [-0.4, -0.2) is 17.1 Å². The Morgan fingerprint density at radius 2 is 2.35 bits per heavy atom. The molecule has 0 saturated carbocycles. The van der Waals surface area contributed by atoms with E-state index in [0.29, 0.717) is 12.1 Å². The van der Waals surface area contributed by atoms with Crippen molar-refractivity contribution in [2.45, 2.75) is 25.9 Å². The number of nitrogens with zero attached hydrogens (tertiary/aromatic N) is 1. The number of amides is 1. The zero-order chi connectivity index (χ0) is 12.8. The SMILES string of the molecule is CC(O)CCC(=O)Nc1ccc(F)c(C#N)c1. The van der Waals surface area contributed by atoms with Crippen molar-refractivity contribution in [3.63, 3.8) is 0 Å². The first-order valence-corrected chi connectivity index (χ1v) is 5.20. The molecule has 0 bridgehead atoms. The first-order chi connectivity index (χ1) is 8.02. The standard InChI is InChI=1S/C12H13FN2O2/c1-8(16)2-5-12(17)15-10-3-4-11(13)9(6-10)7-14/h3-4,6,8,16H,2,5H2,1H3,(H,15,17). The number of aliphatic hydroxyl groups is 1. The van der Waals surface area contributed by atoms with Crippen molar-refractivity contribution in [1.29, 1.82) is 5.26 Å². The van der Waals surface area contributed by atoms with E-state index >= 15 is 0 Å². The number of hydrogen-bond acceptors (Lipinski definition) is 3. The van der Waals surface area contributed by atoms with Crippen molar-refractivity contribution in [3.8, 4) is 6.07 Å². The lowest BCUT2D eigenvalue weighted by Crippen LogP contribution is -2.14. The van der Waals surface area contributed by atoms with Crippen LogP contribution >= 0.6 is 0 Å². The van der Waals surface area contributed by atoms with E-state index in [-0.39, 0.29) is 17.9 Å². The summed E-state index contributed by atoms with van der Waals surface area (Å²) in [6.07, 6.45) is -0.00153. The Kier molecular flexibility index (Phi) is 4.61. The van der Waals surface area contributed by atoms with Gasteiger partial charge in [-0.2, -0.15) is 5.26 Å². The van der Waals surface area contributed by atoms with Gasteiger partial charge in [0.1, 0.15) is 11.9 Å². The van der Waals surface area contributed by atoms with Gasteiger partial charge in [0.25, 0.3) is 0 Å². The van der Waals surface area contributed by atoms with Crippen LogP contribution in [0, 0.1) is 17.1 Å². The van der Waals surface area contributed by atoms with E-state index in [1.807, 2.05) is 0 Å². The number of rotatable bonds is 4. The predicted octanol–water partition coefficient (Wildman–Crippen LogP) is 1.80. The van der Waals surface area contributed by atoms with E-state index in [2.05, 4.69) is 5.32 Å². The van der Waals surface area contributed by atoms with E-state index in [1.165, 1.54) is 12.1 Å². The van der Waals surface area contributed by atoms with E-state index in [4.69, 9.17) is 10.4 Å². The van der Waals surface area contributed by atoms with Crippen LogP contribution in [0.1, 0.15) is 25.3 Å². The molecule has 4 nitrogen and oxygen atoms in total. The summed E-state index contributed by atoms with van der Waals surface area (Å²) < 4.78 is 13.0. The fourth-order valence-corrected chi connectivity index (χ4v) is 1.25. The maximum absolute atomic E-state index is 13.0. The van der Waals surface area contributed by atoms with Crippen LogP contribution < -0.4 is 5.32 Å². The maximum Gasteiger partial charge on any atom is 0.224 e. The Morgan fingerprint density at radius 1 is 1.65 bits per heavy atom. The lowest BCUT2D eigenvalue weighted by molar-refractivity contribution is -0.116. The number of nitrogens with one attached hydrogen (secondary N) is 1. The number of carbonyl (C=O) groups is 1. The molecule has 17 heavy (non-hydrogen) atoms. The molecule has 1 atom stereocenters. The monoisotopic (exact) mass is 236 g/mol. The summed E-state index contributed by atoms with van der Waals surface area (Å²) >= 11 is 0. The van der Waals surface area contributed by atoms with Gasteiger partial charge in [0.15, 0.2) is 0 Å². The van der Waals surface area contributed by atoms with Crippen molar-refractivity contribution in [1.82, 2.24) is 0 Å². The van der Waals surface area contributed by atoms with Crippen LogP contribution in [0.2, 0.25) is 0 Å². The molecular weight excluding hydrogens is 223 g/mol. The first-order valence-electron chi connectivity index (χ1n) is 5.20. The average molecular weight is 236 g/mol. The highest BCUT2D eigenvalue weighted by Gasteiger charge is 2.07. The van der Waals surface area contributed by atoms with E-state index in [9.17, 15) is 9.18 Å². The zero-order valence-corrected chi connectivity index (χ0v) is 9.40. The van der Waals surface area contributed by atoms with Gasteiger partial charge in [-0.3, -0.25) is 4.79 Å². The molecule has 2 N–H and O–H groups in total. The van der Waals surface area contributed by atoms with Crippen molar-refractivity contribution in [2.75, 3.05) is 5.32 Å². The van der Waals surface area contributed by atoms with Gasteiger partial charge in [-0.1, -0.05) is 0 Å². The minimum atomic E-state index is -0.616. The summed E-state index contributed by atoms with van der Waals surface area (Å²) in [6, 6.07) is 5.48. The Balaban J connectivity index is 2.63. The van der Waals surface area contributed by atoms with Crippen LogP contribution in [0.15, 0.2) is 18.2 Å². The van der Waals surface area contributed by atoms with Gasteiger partial charge in [0, 0.05) is 12.1 Å². The summed E-state index contributed by atoms with van der Waals surface area (Å²) in [5, 5.41) is 20.2. The van der Waals surface area contributed by atoms with Crippen LogP contribution in [0.5, 0.6) is 0 Å². The number of carbonyl (C=O) groups excluding carboxylic acids is 1. The highest BCUT2D eigenvalue weighted by Crippen LogP contribution is 2.14. The fourth-order valence-electron chi connectivity index (χ4n) is 1.25. The third kappa shape index (κ3) is 4.21. The second-order valence-electron chi connectivity index (χ2n) is 3.74. The van der Waals surface area contributed by atoms with Gasteiger partial charge >= 0.3 is 0 Å². The summed E-state index contributed by atoms with van der Waals surface area (Å²) in [6.45, 7) is 1.60. The molecule has 0 spiro atoms. The summed E-state index contributed by atoms with van der Waals surface area (Å²) in [5.41, 5.74) is 0.261. The highest BCUT2D eigenvalue weighted by molar-refractivity contribution is 5.90. The smallest absolute Gasteiger partial charge is 0.224 e. The zero-order valence-electron chi connectivity index (χ0n) is 9.40. The molecule has 1 aromatic carbocycles. The van der Waals surface area contributed by atoms with Gasteiger partial charge in [-0.05, 0) is 31.5 Å². The number of anilines is 1. The van der Waals surface area contributed by atoms with E-state index in [0.717, 1.165) is 6.07 Å². The van der Waals surface area contributed by atoms with Crippen molar-refractivity contribution in [2.24, 2.45) is 0 Å². The topological polar surface area (TPSA) is 73.1 Å². The minimum absolute atomic E-state index is 0.113. The molecule has 0 aliphatic carbocycles. The van der Waals surface area contributed by atoms with Gasteiger partial charge in [-0.15, -0.1) is 0 Å². The lowest BCUT2D eigenvalue weighted by Gasteiger charge is -2.06. The van der Waals surface area contributed by atoms with Crippen molar-refractivity contribution >= 4 is 11.6 Å². The highest BCUT2D eigenvalue weighted by atomic mass is 19.1. The first kappa shape index (κ1) is 13.1. The van der Waals surface area contributed by atoms with E-state index in [1.54, 1.807) is 13.0 Å². The number of nitriles is 1. The molecular formula is C12H13FN2O2. The number of hydrogen-bond donors (Lipinski definition) is 2. The Hall–Kier alpha value is -1.93. The molecule has 0 fully saturated rings. The Morgan fingerprint density at radius 3 is 2.94 bits per heavy atom. The second-order valence-corrected chi connectivity index (χ2v) is 3.74. The van der Waals surface area contributed by atoms with Gasteiger partial charge in [-0.25, -0.2) is 4.39 Å². The molecule has 1 unspecified atom stereocenters. The summed E-state index contributed by atoms with van der Waals surface area (Å²) in [7, 11) is 0. The van der Waals surface area contributed by atoms with Crippen LogP contribution in [0.3, 0.4) is 0 Å². The second kappa shape index (κ2) is 5.97. The summed E-state index contributed by atoms with van der Waals surface area (Å²) in [5.74, 6) is -0.893. The summed E-state index contributed by atoms with van der Waals surface area (Å²) in [4.78, 5) is 11.4. The number of halogens is 1. The third-order valence-electron chi connectivity index (χ3n) is 2.16. The molecule has 5 heteroatoms. The fraction of sp³-hybridized carbons (Fsp3) is 0.333. The molecule has 0 aliphatic heterocycles. The van der Waals surface area contributed by atoms with Gasteiger partial charge in [0.2, 0.25) is 5.91 Å². The number of benzene rings is 1. The van der Waals surface area contributed by atoms with Crippen LogP contribution in [0.4, 0.5) is 10.1 Å². The molecule has 1 aromatic rings. The van der Waals surface area contributed by atoms with Gasteiger partial charge in [0.05, 0.1) is 11.7 Å². The molecule has 1 amide bonds. The molecule has 90 valence electrons. The lowest BCUT2D eigenvalue weighted by atomic mass is 10.2. The van der Waals surface area contributed by atoms with Crippen molar-refractivity contribution in [3.05, 3.63) is 29.6 Å². The molecule has 0 aliphatic rings. The van der Waals surface area contributed by atoms with E-state index < -0.39 is 11.9 Å². The normalized spacial score (nSPS) is 11.6. The predicted molar refractivity (Wildman–Crippen MR) is 60.7 cm³/mol. The molecule has 1 rings (SSSR count).